The van der Waals surface area contributed by atoms with Gasteiger partial charge in [0.15, 0.2) is 11.5 Å². The zero-order valence-corrected chi connectivity index (χ0v) is 8.16. The van der Waals surface area contributed by atoms with E-state index in [1.54, 1.807) is 0 Å². The van der Waals surface area contributed by atoms with Gasteiger partial charge in [-0.1, -0.05) is 6.07 Å². The van der Waals surface area contributed by atoms with E-state index in [1.807, 2.05) is 25.1 Å². The molecule has 0 atom stereocenters. The highest BCUT2D eigenvalue weighted by Gasteiger charge is 2.02. The van der Waals surface area contributed by atoms with E-state index in [2.05, 4.69) is 4.98 Å². The summed E-state index contributed by atoms with van der Waals surface area (Å²) in [5.74, 6) is 0.694. The Labute approximate surface area is 82.4 Å². The summed E-state index contributed by atoms with van der Waals surface area (Å²) in [7, 11) is 0. The third-order valence-electron chi connectivity index (χ3n) is 2.18. The highest BCUT2D eigenvalue weighted by Crippen LogP contribution is 2.17. The first-order valence-electron chi connectivity index (χ1n) is 4.76. The number of oxazole rings is 1. The highest BCUT2D eigenvalue weighted by molar-refractivity contribution is 5.73. The SMILES string of the molecule is Cc1nc2cc(CCCO)ccc2o1. The van der Waals surface area contributed by atoms with E-state index in [4.69, 9.17) is 9.52 Å². The lowest BCUT2D eigenvalue weighted by molar-refractivity contribution is 0.288. The normalized spacial score (nSPS) is 11.0. The molecule has 0 radical (unpaired) electrons. The van der Waals surface area contributed by atoms with Crippen LogP contribution < -0.4 is 0 Å². The third-order valence-corrected chi connectivity index (χ3v) is 2.18. The van der Waals surface area contributed by atoms with E-state index in [1.165, 1.54) is 5.56 Å². The number of benzene rings is 1. The fourth-order valence-corrected chi connectivity index (χ4v) is 1.53. The van der Waals surface area contributed by atoms with Crippen molar-refractivity contribution in [3.05, 3.63) is 29.7 Å². The summed E-state index contributed by atoms with van der Waals surface area (Å²) in [5, 5.41) is 8.71. The van der Waals surface area contributed by atoms with Gasteiger partial charge in [-0.15, -0.1) is 0 Å². The van der Waals surface area contributed by atoms with Crippen LogP contribution in [0.1, 0.15) is 17.9 Å². The van der Waals surface area contributed by atoms with Gasteiger partial charge >= 0.3 is 0 Å². The first-order chi connectivity index (χ1) is 6.79. The first-order valence-corrected chi connectivity index (χ1v) is 4.76. The molecule has 14 heavy (non-hydrogen) atoms. The first kappa shape index (κ1) is 9.21. The average molecular weight is 191 g/mol. The molecule has 3 heteroatoms. The van der Waals surface area contributed by atoms with Crippen LogP contribution in [0.5, 0.6) is 0 Å². The molecular formula is C11H13NO2. The summed E-state index contributed by atoms with van der Waals surface area (Å²) >= 11 is 0. The topological polar surface area (TPSA) is 46.3 Å². The Kier molecular flexibility index (Phi) is 2.50. The number of hydrogen-bond acceptors (Lipinski definition) is 3. The van der Waals surface area contributed by atoms with Crippen molar-refractivity contribution in [3.8, 4) is 0 Å². The quantitative estimate of drug-likeness (QED) is 0.807. The lowest BCUT2D eigenvalue weighted by Gasteiger charge is -1.97. The fourth-order valence-electron chi connectivity index (χ4n) is 1.53. The van der Waals surface area contributed by atoms with E-state index in [0.717, 1.165) is 23.9 Å². The molecule has 2 aromatic rings. The molecule has 1 aromatic heterocycles. The van der Waals surface area contributed by atoms with Gasteiger partial charge in [0.2, 0.25) is 0 Å². The van der Waals surface area contributed by atoms with Crippen LogP contribution in [0, 0.1) is 6.92 Å². The van der Waals surface area contributed by atoms with Gasteiger partial charge in [-0.2, -0.15) is 0 Å². The molecular weight excluding hydrogens is 178 g/mol. The van der Waals surface area contributed by atoms with Crippen LogP contribution in [0.2, 0.25) is 0 Å². The molecule has 2 rings (SSSR count). The van der Waals surface area contributed by atoms with Crippen molar-refractivity contribution >= 4 is 11.1 Å². The minimum absolute atomic E-state index is 0.232. The predicted molar refractivity (Wildman–Crippen MR) is 54.2 cm³/mol. The molecule has 0 unspecified atom stereocenters. The van der Waals surface area contributed by atoms with Gasteiger partial charge in [0.25, 0.3) is 0 Å². The third kappa shape index (κ3) is 1.77. The summed E-state index contributed by atoms with van der Waals surface area (Å²) in [6.07, 6.45) is 1.68. The van der Waals surface area contributed by atoms with Crippen LogP contribution in [0.15, 0.2) is 22.6 Å². The Bertz CT molecular complexity index is 434. The van der Waals surface area contributed by atoms with Gasteiger partial charge in [0.05, 0.1) is 0 Å². The Morgan fingerprint density at radius 1 is 1.43 bits per heavy atom. The smallest absolute Gasteiger partial charge is 0.192 e. The molecule has 0 saturated heterocycles. The van der Waals surface area contributed by atoms with Crippen LogP contribution in [0.4, 0.5) is 0 Å². The molecule has 1 aromatic carbocycles. The number of aliphatic hydroxyl groups is 1. The van der Waals surface area contributed by atoms with Crippen LogP contribution in [-0.2, 0) is 6.42 Å². The zero-order valence-electron chi connectivity index (χ0n) is 8.16. The van der Waals surface area contributed by atoms with Crippen LogP contribution in [0.3, 0.4) is 0 Å². The van der Waals surface area contributed by atoms with Crippen LogP contribution in [0.25, 0.3) is 11.1 Å². The minimum atomic E-state index is 0.232. The maximum absolute atomic E-state index is 8.71. The van der Waals surface area contributed by atoms with E-state index in [-0.39, 0.29) is 6.61 Å². The monoisotopic (exact) mass is 191 g/mol. The molecule has 0 bridgehead atoms. The van der Waals surface area contributed by atoms with E-state index in [9.17, 15) is 0 Å². The maximum Gasteiger partial charge on any atom is 0.192 e. The number of fused-ring (bicyclic) bond motifs is 1. The molecule has 0 spiro atoms. The van der Waals surface area contributed by atoms with Gasteiger partial charge in [0, 0.05) is 13.5 Å². The van der Waals surface area contributed by atoms with Crippen molar-refractivity contribution in [2.24, 2.45) is 0 Å². The lowest BCUT2D eigenvalue weighted by atomic mass is 10.1. The summed E-state index contributed by atoms with van der Waals surface area (Å²) in [5.41, 5.74) is 2.92. The highest BCUT2D eigenvalue weighted by atomic mass is 16.3. The van der Waals surface area contributed by atoms with E-state index in [0.29, 0.717) is 5.89 Å². The van der Waals surface area contributed by atoms with Crippen molar-refractivity contribution in [1.29, 1.82) is 0 Å². The number of rotatable bonds is 3. The lowest BCUT2D eigenvalue weighted by Crippen LogP contribution is -1.88. The summed E-state index contributed by atoms with van der Waals surface area (Å²) in [6.45, 7) is 2.07. The molecule has 3 nitrogen and oxygen atoms in total. The molecule has 0 saturated carbocycles. The van der Waals surface area contributed by atoms with Crippen molar-refractivity contribution < 1.29 is 9.52 Å². The predicted octanol–water partition coefficient (Wildman–Crippen LogP) is 2.06. The van der Waals surface area contributed by atoms with Gasteiger partial charge < -0.3 is 9.52 Å². The molecule has 1 N–H and O–H groups in total. The zero-order chi connectivity index (χ0) is 9.97. The molecule has 0 amide bonds. The number of aromatic nitrogens is 1. The Hall–Kier alpha value is -1.35. The van der Waals surface area contributed by atoms with Crippen molar-refractivity contribution in [1.82, 2.24) is 4.98 Å². The van der Waals surface area contributed by atoms with Crippen LogP contribution in [-0.4, -0.2) is 16.7 Å². The molecule has 0 aliphatic rings. The standard InChI is InChI=1S/C11H13NO2/c1-8-12-10-7-9(3-2-6-13)4-5-11(10)14-8/h4-5,7,13H,2-3,6H2,1H3. The molecule has 0 fully saturated rings. The van der Waals surface area contributed by atoms with Crippen molar-refractivity contribution in [2.75, 3.05) is 6.61 Å². The van der Waals surface area contributed by atoms with Crippen molar-refractivity contribution in [3.63, 3.8) is 0 Å². The summed E-state index contributed by atoms with van der Waals surface area (Å²) in [4.78, 5) is 4.25. The van der Waals surface area contributed by atoms with Gasteiger partial charge in [0.1, 0.15) is 5.52 Å². The second-order valence-electron chi connectivity index (χ2n) is 3.36. The van der Waals surface area contributed by atoms with Gasteiger partial charge in [-0.05, 0) is 30.5 Å². The summed E-state index contributed by atoms with van der Waals surface area (Å²) < 4.78 is 5.37. The molecule has 0 aliphatic heterocycles. The van der Waals surface area contributed by atoms with Crippen LogP contribution >= 0.6 is 0 Å². The number of hydrogen-bond donors (Lipinski definition) is 1. The second kappa shape index (κ2) is 3.80. The van der Waals surface area contributed by atoms with E-state index >= 15 is 0 Å². The number of aryl methyl sites for hydroxylation is 2. The van der Waals surface area contributed by atoms with E-state index < -0.39 is 0 Å². The minimum Gasteiger partial charge on any atom is -0.441 e. The molecule has 74 valence electrons. The molecule has 1 heterocycles. The maximum atomic E-state index is 8.71. The second-order valence-corrected chi connectivity index (χ2v) is 3.36. The fraction of sp³-hybridized carbons (Fsp3) is 0.364. The largest absolute Gasteiger partial charge is 0.441 e. The number of nitrogens with zero attached hydrogens (tertiary/aromatic N) is 1. The average Bonchev–Trinajstić information content (AvgIpc) is 2.54. The van der Waals surface area contributed by atoms with Crippen molar-refractivity contribution in [2.45, 2.75) is 19.8 Å². The van der Waals surface area contributed by atoms with Gasteiger partial charge in [-0.25, -0.2) is 4.98 Å². The molecule has 0 aliphatic carbocycles. The Balaban J connectivity index is 2.31. The Morgan fingerprint density at radius 3 is 3.07 bits per heavy atom. The number of aliphatic hydroxyl groups excluding tert-OH is 1. The van der Waals surface area contributed by atoms with Gasteiger partial charge in [-0.3, -0.25) is 0 Å². The Morgan fingerprint density at radius 2 is 2.29 bits per heavy atom. The summed E-state index contributed by atoms with van der Waals surface area (Å²) in [6, 6.07) is 5.96.